The van der Waals surface area contributed by atoms with E-state index in [9.17, 15) is 14.5 Å². The smallest absolute Gasteiger partial charge is 0.274 e. The minimum atomic E-state index is -0.568. The SMILES string of the molecule is Cc1cc(F)c(N=CN(C)C)cc1[N+](=O)[O-]. The van der Waals surface area contributed by atoms with Gasteiger partial charge in [0.05, 0.1) is 11.3 Å². The van der Waals surface area contributed by atoms with Crippen molar-refractivity contribution in [2.45, 2.75) is 6.92 Å². The van der Waals surface area contributed by atoms with E-state index in [0.717, 1.165) is 12.1 Å². The standard InChI is InChI=1S/C10H12FN3O2/c1-7-4-8(11)9(12-6-13(2)3)5-10(7)14(15)16/h4-6H,1-3H3. The van der Waals surface area contributed by atoms with Gasteiger partial charge in [-0.2, -0.15) is 0 Å². The van der Waals surface area contributed by atoms with Crippen molar-refractivity contribution in [3.05, 3.63) is 33.6 Å². The molecule has 0 bridgehead atoms. The summed E-state index contributed by atoms with van der Waals surface area (Å²) in [6, 6.07) is 2.24. The monoisotopic (exact) mass is 225 g/mol. The van der Waals surface area contributed by atoms with Gasteiger partial charge in [0.15, 0.2) is 0 Å². The van der Waals surface area contributed by atoms with Gasteiger partial charge in [-0.1, -0.05) is 0 Å². The summed E-state index contributed by atoms with van der Waals surface area (Å²) in [4.78, 5) is 15.5. The summed E-state index contributed by atoms with van der Waals surface area (Å²) in [7, 11) is 3.45. The fourth-order valence-electron chi connectivity index (χ4n) is 1.12. The first-order valence-corrected chi connectivity index (χ1v) is 4.57. The maximum atomic E-state index is 13.4. The molecule has 0 saturated carbocycles. The van der Waals surface area contributed by atoms with Crippen molar-refractivity contribution >= 4 is 17.7 Å². The lowest BCUT2D eigenvalue weighted by atomic mass is 10.2. The number of rotatable bonds is 3. The molecular formula is C10H12FN3O2. The highest BCUT2D eigenvalue weighted by molar-refractivity contribution is 5.63. The normalized spacial score (nSPS) is 10.8. The van der Waals surface area contributed by atoms with Crippen LogP contribution < -0.4 is 0 Å². The van der Waals surface area contributed by atoms with Crippen LogP contribution in [0.3, 0.4) is 0 Å². The Labute approximate surface area is 92.4 Å². The largest absolute Gasteiger partial charge is 0.369 e. The van der Waals surface area contributed by atoms with Gasteiger partial charge in [0, 0.05) is 25.7 Å². The zero-order valence-electron chi connectivity index (χ0n) is 9.27. The third kappa shape index (κ3) is 2.75. The molecule has 1 rings (SSSR count). The van der Waals surface area contributed by atoms with Crippen molar-refractivity contribution < 1.29 is 9.31 Å². The van der Waals surface area contributed by atoms with Crippen LogP contribution in [0.1, 0.15) is 5.56 Å². The van der Waals surface area contributed by atoms with Crippen LogP contribution in [0.2, 0.25) is 0 Å². The molecular weight excluding hydrogens is 213 g/mol. The van der Waals surface area contributed by atoms with Crippen LogP contribution in [0.5, 0.6) is 0 Å². The fraction of sp³-hybridized carbons (Fsp3) is 0.300. The lowest BCUT2D eigenvalue weighted by Crippen LogP contribution is -2.07. The molecule has 0 amide bonds. The Balaban J connectivity index is 3.20. The second-order valence-corrected chi connectivity index (χ2v) is 3.56. The van der Waals surface area contributed by atoms with E-state index in [4.69, 9.17) is 0 Å². The molecule has 0 aliphatic rings. The molecule has 0 unspecified atom stereocenters. The van der Waals surface area contributed by atoms with E-state index in [1.54, 1.807) is 19.0 Å². The number of aliphatic imine (C=N–C) groups is 1. The molecule has 0 aliphatic heterocycles. The topological polar surface area (TPSA) is 58.7 Å². The van der Waals surface area contributed by atoms with Gasteiger partial charge in [0.25, 0.3) is 5.69 Å². The summed E-state index contributed by atoms with van der Waals surface area (Å²) in [5, 5.41) is 10.6. The van der Waals surface area contributed by atoms with Gasteiger partial charge < -0.3 is 4.90 Å². The van der Waals surface area contributed by atoms with E-state index in [1.165, 1.54) is 13.3 Å². The highest BCUT2D eigenvalue weighted by atomic mass is 19.1. The molecule has 0 spiro atoms. The minimum absolute atomic E-state index is 0.0361. The van der Waals surface area contributed by atoms with Gasteiger partial charge in [-0.25, -0.2) is 9.38 Å². The first kappa shape index (κ1) is 12.1. The Morgan fingerprint density at radius 3 is 2.62 bits per heavy atom. The maximum Gasteiger partial charge on any atom is 0.274 e. The van der Waals surface area contributed by atoms with E-state index < -0.39 is 10.7 Å². The summed E-state index contributed by atoms with van der Waals surface area (Å²) in [6.07, 6.45) is 1.39. The fourth-order valence-corrected chi connectivity index (χ4v) is 1.12. The minimum Gasteiger partial charge on any atom is -0.369 e. The molecule has 0 saturated heterocycles. The second-order valence-electron chi connectivity index (χ2n) is 3.56. The van der Waals surface area contributed by atoms with Crippen LogP contribution >= 0.6 is 0 Å². The molecule has 1 aromatic rings. The Bertz CT molecular complexity index is 444. The third-order valence-electron chi connectivity index (χ3n) is 1.89. The van der Waals surface area contributed by atoms with Crippen LogP contribution in [-0.4, -0.2) is 30.3 Å². The van der Waals surface area contributed by atoms with E-state index in [2.05, 4.69) is 4.99 Å². The van der Waals surface area contributed by atoms with Gasteiger partial charge in [-0.05, 0) is 13.0 Å². The Hall–Kier alpha value is -1.98. The number of nitro benzene ring substituents is 1. The molecule has 0 fully saturated rings. The average Bonchev–Trinajstić information content (AvgIpc) is 2.15. The van der Waals surface area contributed by atoms with Crippen molar-refractivity contribution in [1.29, 1.82) is 0 Å². The molecule has 0 aliphatic carbocycles. The van der Waals surface area contributed by atoms with Gasteiger partial charge >= 0.3 is 0 Å². The highest BCUT2D eigenvalue weighted by Gasteiger charge is 2.14. The van der Waals surface area contributed by atoms with Crippen LogP contribution in [0, 0.1) is 22.9 Å². The van der Waals surface area contributed by atoms with Crippen molar-refractivity contribution in [3.63, 3.8) is 0 Å². The highest BCUT2D eigenvalue weighted by Crippen LogP contribution is 2.27. The Morgan fingerprint density at radius 2 is 2.12 bits per heavy atom. The first-order valence-electron chi connectivity index (χ1n) is 4.57. The first-order chi connectivity index (χ1) is 7.41. The number of nitrogens with zero attached hydrogens (tertiary/aromatic N) is 3. The van der Waals surface area contributed by atoms with Crippen LogP contribution in [0.4, 0.5) is 15.8 Å². The maximum absolute atomic E-state index is 13.4. The van der Waals surface area contributed by atoms with Crippen molar-refractivity contribution in [1.82, 2.24) is 4.90 Å². The summed E-state index contributed by atoms with van der Waals surface area (Å²) in [6.45, 7) is 1.49. The summed E-state index contributed by atoms with van der Waals surface area (Å²) >= 11 is 0. The number of benzene rings is 1. The van der Waals surface area contributed by atoms with Crippen LogP contribution in [0.25, 0.3) is 0 Å². The number of halogens is 1. The van der Waals surface area contributed by atoms with Gasteiger partial charge in [-0.3, -0.25) is 10.1 Å². The lowest BCUT2D eigenvalue weighted by molar-refractivity contribution is -0.385. The summed E-state index contributed by atoms with van der Waals surface area (Å²) in [5.74, 6) is -0.568. The molecule has 1 aromatic carbocycles. The zero-order valence-corrected chi connectivity index (χ0v) is 9.27. The number of aryl methyl sites for hydroxylation is 1. The average molecular weight is 225 g/mol. The van der Waals surface area contributed by atoms with Crippen molar-refractivity contribution in [2.24, 2.45) is 4.99 Å². The molecule has 0 aromatic heterocycles. The summed E-state index contributed by atoms with van der Waals surface area (Å²) < 4.78 is 13.4. The predicted molar refractivity (Wildman–Crippen MR) is 59.6 cm³/mol. The predicted octanol–water partition coefficient (Wildman–Crippen LogP) is 2.26. The van der Waals surface area contributed by atoms with Gasteiger partial charge in [0.1, 0.15) is 11.5 Å². The van der Waals surface area contributed by atoms with Crippen LogP contribution in [-0.2, 0) is 0 Å². The van der Waals surface area contributed by atoms with E-state index in [1.807, 2.05) is 0 Å². The molecule has 0 radical (unpaired) electrons. The molecule has 0 N–H and O–H groups in total. The van der Waals surface area contributed by atoms with Crippen molar-refractivity contribution in [2.75, 3.05) is 14.1 Å². The molecule has 86 valence electrons. The Kier molecular flexibility index (Phi) is 3.55. The molecule has 16 heavy (non-hydrogen) atoms. The Morgan fingerprint density at radius 1 is 1.50 bits per heavy atom. The molecule has 0 atom stereocenters. The van der Waals surface area contributed by atoms with Crippen molar-refractivity contribution in [3.8, 4) is 0 Å². The van der Waals surface area contributed by atoms with Gasteiger partial charge in [-0.15, -0.1) is 0 Å². The van der Waals surface area contributed by atoms with Gasteiger partial charge in [0.2, 0.25) is 0 Å². The second kappa shape index (κ2) is 4.69. The number of hydrogen-bond donors (Lipinski definition) is 0. The number of hydrogen-bond acceptors (Lipinski definition) is 3. The van der Waals surface area contributed by atoms with E-state index in [-0.39, 0.29) is 16.9 Å². The quantitative estimate of drug-likeness (QED) is 0.343. The molecule has 0 heterocycles. The number of nitro groups is 1. The van der Waals surface area contributed by atoms with Crippen LogP contribution in [0.15, 0.2) is 17.1 Å². The van der Waals surface area contributed by atoms with E-state index in [0.29, 0.717) is 0 Å². The summed E-state index contributed by atoms with van der Waals surface area (Å²) in [5.41, 5.74) is 0.115. The molecule has 6 heteroatoms. The molecule has 5 nitrogen and oxygen atoms in total. The van der Waals surface area contributed by atoms with E-state index >= 15 is 0 Å². The third-order valence-corrected chi connectivity index (χ3v) is 1.89. The lowest BCUT2D eigenvalue weighted by Gasteiger charge is -2.04. The zero-order chi connectivity index (χ0) is 12.3.